The molecular weight excluding hydrogens is 281 g/mol. The average molecular weight is 303 g/mol. The molecule has 20 heavy (non-hydrogen) atoms. The highest BCUT2D eigenvalue weighted by Crippen LogP contribution is 2.11. The lowest BCUT2D eigenvalue weighted by molar-refractivity contribution is 0.0701. The highest BCUT2D eigenvalue weighted by atomic mass is 32.2. The van der Waals surface area contributed by atoms with Crippen LogP contribution in [-0.2, 0) is 0 Å². The Morgan fingerprint density at radius 1 is 1.40 bits per heavy atom. The van der Waals surface area contributed by atoms with Crippen LogP contribution >= 0.6 is 11.8 Å². The number of thioether (sulfide) groups is 1. The molecule has 0 aliphatic heterocycles. The molecule has 0 bridgehead atoms. The van der Waals surface area contributed by atoms with E-state index in [9.17, 15) is 14.6 Å². The van der Waals surface area contributed by atoms with E-state index in [1.54, 1.807) is 18.7 Å². The fourth-order valence-electron chi connectivity index (χ4n) is 1.65. The highest BCUT2D eigenvalue weighted by Gasteiger charge is 2.19. The Morgan fingerprint density at radius 2 is 2.05 bits per heavy atom. The summed E-state index contributed by atoms with van der Waals surface area (Å²) in [5.41, 5.74) is -0.795. The summed E-state index contributed by atoms with van der Waals surface area (Å²) in [7, 11) is 0. The average Bonchev–Trinajstić information content (AvgIpc) is 2.37. The fourth-order valence-corrected chi connectivity index (χ4v) is 2.38. The molecule has 0 heterocycles. The summed E-state index contributed by atoms with van der Waals surface area (Å²) >= 11 is 1.57. The summed E-state index contributed by atoms with van der Waals surface area (Å²) in [6.07, 6.45) is 1.24. The number of aliphatic hydroxyl groups excluding tert-OH is 1. The van der Waals surface area contributed by atoms with Crippen molar-refractivity contribution in [1.29, 1.82) is 0 Å². The molecule has 0 saturated carbocycles. The SMILES string of the molecule is CSCC(C)(O)CNCC(O)COc1ccc(F)cc1. The van der Waals surface area contributed by atoms with Gasteiger partial charge in [0, 0.05) is 18.8 Å². The molecule has 0 aliphatic rings. The molecule has 2 unspecified atom stereocenters. The number of halogens is 1. The summed E-state index contributed by atoms with van der Waals surface area (Å²) < 4.78 is 18.0. The van der Waals surface area contributed by atoms with E-state index in [0.29, 0.717) is 24.6 Å². The molecule has 6 heteroatoms. The van der Waals surface area contributed by atoms with Crippen molar-refractivity contribution in [2.45, 2.75) is 18.6 Å². The van der Waals surface area contributed by atoms with Gasteiger partial charge in [0.05, 0.1) is 5.60 Å². The number of ether oxygens (including phenoxy) is 1. The van der Waals surface area contributed by atoms with Gasteiger partial charge < -0.3 is 20.3 Å². The van der Waals surface area contributed by atoms with Crippen LogP contribution in [-0.4, -0.2) is 53.6 Å². The van der Waals surface area contributed by atoms with Gasteiger partial charge in [-0.1, -0.05) is 0 Å². The summed E-state index contributed by atoms with van der Waals surface area (Å²) in [5.74, 6) is 0.817. The number of hydrogen-bond acceptors (Lipinski definition) is 5. The van der Waals surface area contributed by atoms with Crippen LogP contribution in [0, 0.1) is 5.82 Å². The number of benzene rings is 1. The van der Waals surface area contributed by atoms with Gasteiger partial charge in [0.1, 0.15) is 24.3 Å². The van der Waals surface area contributed by atoms with Crippen molar-refractivity contribution in [3.05, 3.63) is 30.1 Å². The summed E-state index contributed by atoms with van der Waals surface area (Å²) in [4.78, 5) is 0. The third-order valence-corrected chi connectivity index (χ3v) is 3.51. The lowest BCUT2D eigenvalue weighted by atomic mass is 10.1. The molecule has 0 spiro atoms. The number of rotatable bonds is 9. The first-order valence-corrected chi connectivity index (χ1v) is 7.81. The zero-order chi connectivity index (χ0) is 15.0. The molecule has 0 radical (unpaired) electrons. The Labute approximate surface area is 123 Å². The molecule has 0 aromatic heterocycles. The van der Waals surface area contributed by atoms with Gasteiger partial charge >= 0.3 is 0 Å². The van der Waals surface area contributed by atoms with E-state index in [4.69, 9.17) is 4.74 Å². The van der Waals surface area contributed by atoms with Crippen LogP contribution in [0.5, 0.6) is 5.75 Å². The van der Waals surface area contributed by atoms with Crippen LogP contribution in [0.3, 0.4) is 0 Å². The monoisotopic (exact) mass is 303 g/mol. The molecule has 2 atom stereocenters. The van der Waals surface area contributed by atoms with Gasteiger partial charge in [-0.25, -0.2) is 4.39 Å². The largest absolute Gasteiger partial charge is 0.491 e. The van der Waals surface area contributed by atoms with E-state index >= 15 is 0 Å². The smallest absolute Gasteiger partial charge is 0.123 e. The Hall–Kier alpha value is -0.820. The predicted molar refractivity (Wildman–Crippen MR) is 79.8 cm³/mol. The fraction of sp³-hybridized carbons (Fsp3) is 0.571. The van der Waals surface area contributed by atoms with Gasteiger partial charge in [0.15, 0.2) is 0 Å². The third-order valence-electron chi connectivity index (χ3n) is 2.60. The summed E-state index contributed by atoms with van der Waals surface area (Å²) in [6, 6.07) is 5.64. The van der Waals surface area contributed by atoms with Gasteiger partial charge in [0.2, 0.25) is 0 Å². The molecule has 0 aliphatic carbocycles. The van der Waals surface area contributed by atoms with Crippen LogP contribution in [0.25, 0.3) is 0 Å². The van der Waals surface area contributed by atoms with Crippen LogP contribution in [0.2, 0.25) is 0 Å². The second-order valence-corrected chi connectivity index (χ2v) is 5.85. The minimum absolute atomic E-state index is 0.114. The van der Waals surface area contributed by atoms with E-state index in [1.165, 1.54) is 24.3 Å². The summed E-state index contributed by atoms with van der Waals surface area (Å²) in [6.45, 7) is 2.59. The van der Waals surface area contributed by atoms with Gasteiger partial charge in [-0.2, -0.15) is 11.8 Å². The standard InChI is InChI=1S/C14H22FNO3S/c1-14(18,10-20-2)9-16-7-12(17)8-19-13-5-3-11(15)4-6-13/h3-6,12,16-18H,7-10H2,1-2H3. The van der Waals surface area contributed by atoms with Gasteiger partial charge in [-0.3, -0.25) is 0 Å². The highest BCUT2D eigenvalue weighted by molar-refractivity contribution is 7.98. The quantitative estimate of drug-likeness (QED) is 0.641. The molecule has 1 aromatic carbocycles. The first-order valence-electron chi connectivity index (χ1n) is 6.41. The van der Waals surface area contributed by atoms with Gasteiger partial charge in [-0.05, 0) is 37.4 Å². The maximum atomic E-state index is 12.7. The Morgan fingerprint density at radius 3 is 2.65 bits per heavy atom. The summed E-state index contributed by atoms with van der Waals surface area (Å²) in [5, 5.41) is 22.7. The zero-order valence-corrected chi connectivity index (χ0v) is 12.6. The molecule has 0 saturated heterocycles. The zero-order valence-electron chi connectivity index (χ0n) is 11.8. The van der Waals surface area contributed by atoms with Crippen molar-refractivity contribution in [3.63, 3.8) is 0 Å². The van der Waals surface area contributed by atoms with Gasteiger partial charge in [-0.15, -0.1) is 0 Å². The molecule has 0 fully saturated rings. The van der Waals surface area contributed by atoms with E-state index in [-0.39, 0.29) is 12.4 Å². The van der Waals surface area contributed by atoms with E-state index in [2.05, 4.69) is 5.32 Å². The van der Waals surface area contributed by atoms with Crippen LogP contribution in [0.15, 0.2) is 24.3 Å². The molecule has 114 valence electrons. The number of hydrogen-bond donors (Lipinski definition) is 3. The lowest BCUT2D eigenvalue weighted by Crippen LogP contribution is -2.43. The van der Waals surface area contributed by atoms with Crippen molar-refractivity contribution in [2.24, 2.45) is 0 Å². The van der Waals surface area contributed by atoms with E-state index in [1.807, 2.05) is 6.26 Å². The first kappa shape index (κ1) is 17.2. The topological polar surface area (TPSA) is 61.7 Å². The lowest BCUT2D eigenvalue weighted by Gasteiger charge is -2.23. The predicted octanol–water partition coefficient (Wildman–Crippen LogP) is 1.27. The Bertz CT molecular complexity index is 387. The van der Waals surface area contributed by atoms with Crippen molar-refractivity contribution < 1.29 is 19.3 Å². The maximum Gasteiger partial charge on any atom is 0.123 e. The molecular formula is C14H22FNO3S. The van der Waals surface area contributed by atoms with Crippen molar-refractivity contribution >= 4 is 11.8 Å². The van der Waals surface area contributed by atoms with Crippen molar-refractivity contribution in [2.75, 3.05) is 31.7 Å². The Kier molecular flexibility index (Phi) is 7.29. The van der Waals surface area contributed by atoms with Crippen LogP contribution in [0.4, 0.5) is 4.39 Å². The molecule has 0 amide bonds. The maximum absolute atomic E-state index is 12.7. The first-order chi connectivity index (χ1) is 9.43. The number of aliphatic hydroxyl groups is 2. The van der Waals surface area contributed by atoms with E-state index in [0.717, 1.165) is 0 Å². The van der Waals surface area contributed by atoms with Gasteiger partial charge in [0.25, 0.3) is 0 Å². The molecule has 3 N–H and O–H groups in total. The second kappa shape index (κ2) is 8.46. The van der Waals surface area contributed by atoms with Crippen molar-refractivity contribution in [1.82, 2.24) is 5.32 Å². The van der Waals surface area contributed by atoms with Crippen LogP contribution < -0.4 is 10.1 Å². The molecule has 4 nitrogen and oxygen atoms in total. The molecule has 1 rings (SSSR count). The number of nitrogens with one attached hydrogen (secondary N) is 1. The van der Waals surface area contributed by atoms with Crippen molar-refractivity contribution in [3.8, 4) is 5.75 Å². The van der Waals surface area contributed by atoms with E-state index < -0.39 is 11.7 Å². The minimum atomic E-state index is -0.795. The normalized spacial score (nSPS) is 15.7. The molecule has 1 aromatic rings. The second-order valence-electron chi connectivity index (χ2n) is 4.98. The van der Waals surface area contributed by atoms with Crippen LogP contribution in [0.1, 0.15) is 6.92 Å². The Balaban J connectivity index is 2.20. The third kappa shape index (κ3) is 7.09. The minimum Gasteiger partial charge on any atom is -0.491 e.